The molecule has 1 fully saturated rings. The van der Waals surface area contributed by atoms with Crippen LogP contribution in [-0.2, 0) is 4.74 Å². The molecule has 2 aromatic heterocycles. The van der Waals surface area contributed by atoms with Crippen molar-refractivity contribution >= 4 is 29.2 Å². The smallest absolute Gasteiger partial charge is 0.341 e. The third-order valence-corrected chi connectivity index (χ3v) is 4.62. The molecule has 0 bridgehead atoms. The van der Waals surface area contributed by atoms with Crippen molar-refractivity contribution < 1.29 is 13.9 Å². The molecule has 7 nitrogen and oxygen atoms in total. The van der Waals surface area contributed by atoms with Crippen LogP contribution in [0.2, 0.25) is 5.02 Å². The van der Waals surface area contributed by atoms with Crippen molar-refractivity contribution in [2.24, 2.45) is 0 Å². The first-order valence-corrected chi connectivity index (χ1v) is 8.55. The number of halogens is 2. The monoisotopic (exact) mass is 375 g/mol. The fraction of sp³-hybridized carbons (Fsp3) is 0.294. The fourth-order valence-electron chi connectivity index (χ4n) is 3.16. The predicted octanol–water partition coefficient (Wildman–Crippen LogP) is 2.74. The minimum absolute atomic E-state index is 0.0315. The van der Waals surface area contributed by atoms with Gasteiger partial charge in [0.05, 0.1) is 11.6 Å². The molecule has 0 amide bonds. The first-order valence-electron chi connectivity index (χ1n) is 8.17. The molecule has 134 valence electrons. The number of anilines is 1. The molecule has 0 radical (unpaired) electrons. The molecule has 9 heteroatoms. The van der Waals surface area contributed by atoms with Crippen molar-refractivity contribution in [3.05, 3.63) is 53.2 Å². The summed E-state index contributed by atoms with van der Waals surface area (Å²) in [5.41, 5.74) is -0.162. The third-order valence-electron chi connectivity index (χ3n) is 4.39. The van der Waals surface area contributed by atoms with Crippen molar-refractivity contribution in [3.63, 3.8) is 0 Å². The molecule has 1 atom stereocenters. The third kappa shape index (κ3) is 3.08. The largest absolute Gasteiger partial charge is 0.460 e. The van der Waals surface area contributed by atoms with Gasteiger partial charge in [-0.3, -0.25) is 0 Å². The summed E-state index contributed by atoms with van der Waals surface area (Å²) < 4.78 is 20.8. The highest BCUT2D eigenvalue weighted by atomic mass is 35.5. The first-order chi connectivity index (χ1) is 12.6. The Morgan fingerprint density at radius 1 is 1.35 bits per heavy atom. The molecule has 0 spiro atoms. The maximum absolute atomic E-state index is 13.8. The van der Waals surface area contributed by atoms with E-state index in [1.165, 1.54) is 18.5 Å². The average molecular weight is 376 g/mol. The second kappa shape index (κ2) is 6.87. The van der Waals surface area contributed by atoms with Crippen molar-refractivity contribution in [2.45, 2.75) is 18.9 Å². The molecule has 0 N–H and O–H groups in total. The van der Waals surface area contributed by atoms with E-state index in [-0.39, 0.29) is 23.2 Å². The summed E-state index contributed by atoms with van der Waals surface area (Å²) in [5.74, 6) is -0.0373. The SMILES string of the molecule is O=C(OC[C@H]1CCCN1c1ccnc2ncnn12)c1cc(Cl)ccc1F. The summed E-state index contributed by atoms with van der Waals surface area (Å²) >= 11 is 5.83. The van der Waals surface area contributed by atoms with E-state index in [4.69, 9.17) is 16.3 Å². The van der Waals surface area contributed by atoms with Gasteiger partial charge in [-0.25, -0.2) is 14.2 Å². The zero-order chi connectivity index (χ0) is 18.1. The van der Waals surface area contributed by atoms with E-state index in [2.05, 4.69) is 20.0 Å². The standard InChI is InChI=1S/C17H15ClFN5O2/c18-11-3-4-14(19)13(8-11)16(25)26-9-12-2-1-7-23(12)15-5-6-20-17-21-10-22-24(15)17/h3-6,8,10,12H,1-2,7,9H2/t12-/m1/s1. The summed E-state index contributed by atoms with van der Waals surface area (Å²) in [6.45, 7) is 0.940. The average Bonchev–Trinajstić information content (AvgIpc) is 3.30. The minimum Gasteiger partial charge on any atom is -0.460 e. The minimum atomic E-state index is -0.725. The van der Waals surface area contributed by atoms with Gasteiger partial charge < -0.3 is 9.64 Å². The Morgan fingerprint density at radius 3 is 3.12 bits per heavy atom. The number of fused-ring (bicyclic) bond motifs is 1. The van der Waals surface area contributed by atoms with Crippen molar-refractivity contribution in [1.29, 1.82) is 0 Å². The number of benzene rings is 1. The van der Waals surface area contributed by atoms with Crippen LogP contribution in [0.5, 0.6) is 0 Å². The molecular formula is C17H15ClFN5O2. The highest BCUT2D eigenvalue weighted by molar-refractivity contribution is 6.30. The maximum atomic E-state index is 13.8. The number of nitrogens with zero attached hydrogens (tertiary/aromatic N) is 5. The fourth-order valence-corrected chi connectivity index (χ4v) is 3.33. The van der Waals surface area contributed by atoms with Gasteiger partial charge in [0.25, 0.3) is 5.78 Å². The van der Waals surface area contributed by atoms with Gasteiger partial charge in [0.1, 0.15) is 24.6 Å². The topological polar surface area (TPSA) is 72.6 Å². The van der Waals surface area contributed by atoms with E-state index in [0.717, 1.165) is 31.3 Å². The molecule has 4 rings (SSSR count). The Kier molecular flexibility index (Phi) is 4.42. The van der Waals surface area contributed by atoms with Gasteiger partial charge >= 0.3 is 5.97 Å². The summed E-state index contributed by atoms with van der Waals surface area (Å²) in [4.78, 5) is 22.5. The Morgan fingerprint density at radius 2 is 2.23 bits per heavy atom. The lowest BCUT2D eigenvalue weighted by molar-refractivity contribution is 0.0477. The first kappa shape index (κ1) is 16.7. The maximum Gasteiger partial charge on any atom is 0.341 e. The molecule has 0 unspecified atom stereocenters. The van der Waals surface area contributed by atoms with Crippen LogP contribution < -0.4 is 4.90 Å². The molecule has 1 aromatic carbocycles. The van der Waals surface area contributed by atoms with Crippen LogP contribution in [0.1, 0.15) is 23.2 Å². The Balaban J connectivity index is 1.50. The predicted molar refractivity (Wildman–Crippen MR) is 92.8 cm³/mol. The number of hydrogen-bond donors (Lipinski definition) is 0. The van der Waals surface area contributed by atoms with Crippen LogP contribution in [0.25, 0.3) is 5.78 Å². The van der Waals surface area contributed by atoms with E-state index in [1.54, 1.807) is 10.7 Å². The summed E-state index contributed by atoms with van der Waals surface area (Å²) in [7, 11) is 0. The second-order valence-electron chi connectivity index (χ2n) is 5.99. The van der Waals surface area contributed by atoms with E-state index in [1.807, 2.05) is 6.07 Å². The number of carbonyl (C=O) groups is 1. The zero-order valence-corrected chi connectivity index (χ0v) is 14.4. The molecular weight excluding hydrogens is 361 g/mol. The Bertz CT molecular complexity index is 963. The number of esters is 1. The van der Waals surface area contributed by atoms with Gasteiger partial charge in [0.15, 0.2) is 0 Å². The lowest BCUT2D eigenvalue weighted by Gasteiger charge is -2.26. The van der Waals surface area contributed by atoms with Gasteiger partial charge in [-0.2, -0.15) is 14.6 Å². The second-order valence-corrected chi connectivity index (χ2v) is 6.42. The Labute approximate surface area is 153 Å². The van der Waals surface area contributed by atoms with Crippen LogP contribution in [-0.4, -0.2) is 44.7 Å². The Hall–Kier alpha value is -2.74. The summed E-state index contributed by atoms with van der Waals surface area (Å²) in [5, 5.41) is 4.47. The number of carbonyl (C=O) groups excluding carboxylic acids is 1. The van der Waals surface area contributed by atoms with Crippen LogP contribution in [0.3, 0.4) is 0 Å². The molecule has 3 aromatic rings. The number of ether oxygens (including phenoxy) is 1. The van der Waals surface area contributed by atoms with Gasteiger partial charge in [0, 0.05) is 17.8 Å². The lowest BCUT2D eigenvalue weighted by Crippen LogP contribution is -2.35. The molecule has 26 heavy (non-hydrogen) atoms. The van der Waals surface area contributed by atoms with Crippen LogP contribution in [0, 0.1) is 5.82 Å². The van der Waals surface area contributed by atoms with Crippen molar-refractivity contribution in [3.8, 4) is 0 Å². The van der Waals surface area contributed by atoms with E-state index < -0.39 is 11.8 Å². The molecule has 0 saturated carbocycles. The molecule has 0 aliphatic carbocycles. The highest BCUT2D eigenvalue weighted by Crippen LogP contribution is 2.25. The number of rotatable bonds is 4. The van der Waals surface area contributed by atoms with Crippen LogP contribution in [0.4, 0.5) is 10.2 Å². The van der Waals surface area contributed by atoms with Crippen LogP contribution in [0.15, 0.2) is 36.8 Å². The highest BCUT2D eigenvalue weighted by Gasteiger charge is 2.28. The van der Waals surface area contributed by atoms with E-state index in [9.17, 15) is 9.18 Å². The number of hydrogen-bond acceptors (Lipinski definition) is 6. The molecule has 1 saturated heterocycles. The summed E-state index contributed by atoms with van der Waals surface area (Å²) in [6.07, 6.45) is 4.91. The van der Waals surface area contributed by atoms with E-state index in [0.29, 0.717) is 5.78 Å². The van der Waals surface area contributed by atoms with Gasteiger partial charge in [-0.1, -0.05) is 11.6 Å². The number of aromatic nitrogens is 4. The van der Waals surface area contributed by atoms with Gasteiger partial charge in [-0.15, -0.1) is 0 Å². The van der Waals surface area contributed by atoms with E-state index >= 15 is 0 Å². The zero-order valence-electron chi connectivity index (χ0n) is 13.7. The van der Waals surface area contributed by atoms with Gasteiger partial charge in [-0.05, 0) is 37.1 Å². The van der Waals surface area contributed by atoms with Crippen molar-refractivity contribution in [1.82, 2.24) is 19.6 Å². The molecule has 1 aliphatic heterocycles. The molecule has 1 aliphatic rings. The lowest BCUT2D eigenvalue weighted by atomic mass is 10.2. The summed E-state index contributed by atoms with van der Waals surface area (Å²) in [6, 6.07) is 5.63. The van der Waals surface area contributed by atoms with Crippen LogP contribution >= 0.6 is 11.6 Å². The normalized spacial score (nSPS) is 17.0. The quantitative estimate of drug-likeness (QED) is 0.653. The molecule has 3 heterocycles. The van der Waals surface area contributed by atoms with Gasteiger partial charge in [0.2, 0.25) is 0 Å². The van der Waals surface area contributed by atoms with Crippen molar-refractivity contribution in [2.75, 3.05) is 18.1 Å².